The molecule has 0 radical (unpaired) electrons. The largest absolute Gasteiger partial charge is 0.479 e. The average molecular weight is 376 g/mol. The van der Waals surface area contributed by atoms with Crippen molar-refractivity contribution >= 4 is 43.0 Å². The predicted octanol–water partition coefficient (Wildman–Crippen LogP) is 3.25. The van der Waals surface area contributed by atoms with Crippen molar-refractivity contribution in [3.8, 4) is 5.88 Å². The number of allylic oxidation sites excluding steroid dienone is 2. The molecule has 0 bridgehead atoms. The number of halogens is 2. The molecule has 2 aromatic heterocycles. The van der Waals surface area contributed by atoms with E-state index in [0.29, 0.717) is 17.9 Å². The minimum Gasteiger partial charge on any atom is -0.479 e. The zero-order chi connectivity index (χ0) is 13.1. The topological polar surface area (TPSA) is 52.8 Å². The van der Waals surface area contributed by atoms with E-state index >= 15 is 0 Å². The lowest BCUT2D eigenvalue weighted by Gasteiger charge is -2.05. The number of aromatic nitrogens is 4. The number of imidazole rings is 1. The second-order valence-corrected chi connectivity index (χ2v) is 5.51. The van der Waals surface area contributed by atoms with Gasteiger partial charge in [-0.3, -0.25) is 0 Å². The van der Waals surface area contributed by atoms with Crippen LogP contribution in [0.1, 0.15) is 13.3 Å². The number of hydrogen-bond acceptors (Lipinski definition) is 4. The second kappa shape index (κ2) is 5.79. The molecule has 0 saturated carbocycles. The zero-order valence-electron chi connectivity index (χ0n) is 10.0. The van der Waals surface area contributed by atoms with Gasteiger partial charge in [0.2, 0.25) is 5.88 Å². The minimum absolute atomic E-state index is 0.494. The average Bonchev–Trinajstić information content (AvgIpc) is 2.81. The molecule has 0 unspecified atom stereocenters. The summed E-state index contributed by atoms with van der Waals surface area (Å²) in [6, 6.07) is 0. The molecule has 0 aromatic carbocycles. The van der Waals surface area contributed by atoms with Crippen LogP contribution in [0.4, 0.5) is 0 Å². The Bertz CT molecular complexity index is 594. The molecular formula is C11H12Br2N4O. The SMILES string of the molecule is CC/C(Br)=C(\Br)Cn1cnc2c(OC)ncnc21. The van der Waals surface area contributed by atoms with Crippen LogP contribution in [0.2, 0.25) is 0 Å². The van der Waals surface area contributed by atoms with Crippen LogP contribution in [-0.4, -0.2) is 26.6 Å². The minimum atomic E-state index is 0.494. The van der Waals surface area contributed by atoms with E-state index in [9.17, 15) is 0 Å². The molecule has 0 atom stereocenters. The van der Waals surface area contributed by atoms with Crippen molar-refractivity contribution in [2.75, 3.05) is 7.11 Å². The molecule has 5 nitrogen and oxygen atoms in total. The van der Waals surface area contributed by atoms with Gasteiger partial charge in [0, 0.05) is 8.96 Å². The summed E-state index contributed by atoms with van der Waals surface area (Å²) in [6.45, 7) is 2.76. The van der Waals surface area contributed by atoms with Crippen LogP contribution in [0.15, 0.2) is 21.6 Å². The van der Waals surface area contributed by atoms with E-state index < -0.39 is 0 Å². The third-order valence-corrected chi connectivity index (χ3v) is 4.78. The normalized spacial score (nSPS) is 12.7. The zero-order valence-corrected chi connectivity index (χ0v) is 13.2. The molecule has 2 heterocycles. The third kappa shape index (κ3) is 2.56. The maximum Gasteiger partial charge on any atom is 0.245 e. The molecule has 0 spiro atoms. The van der Waals surface area contributed by atoms with Gasteiger partial charge in [-0.25, -0.2) is 9.97 Å². The van der Waals surface area contributed by atoms with Crippen molar-refractivity contribution in [1.82, 2.24) is 19.5 Å². The number of nitrogens with zero attached hydrogens (tertiary/aromatic N) is 4. The lowest BCUT2D eigenvalue weighted by atomic mass is 10.4. The van der Waals surface area contributed by atoms with Gasteiger partial charge in [-0.15, -0.1) is 0 Å². The summed E-state index contributed by atoms with van der Waals surface area (Å²) in [6.07, 6.45) is 4.15. The van der Waals surface area contributed by atoms with Crippen LogP contribution in [-0.2, 0) is 6.54 Å². The molecule has 0 fully saturated rings. The van der Waals surface area contributed by atoms with Gasteiger partial charge in [0.15, 0.2) is 11.2 Å². The van der Waals surface area contributed by atoms with Crippen LogP contribution in [0, 0.1) is 0 Å². The summed E-state index contributed by atoms with van der Waals surface area (Å²) in [7, 11) is 1.57. The van der Waals surface area contributed by atoms with E-state index in [-0.39, 0.29) is 0 Å². The van der Waals surface area contributed by atoms with E-state index in [1.165, 1.54) is 6.33 Å². The highest BCUT2D eigenvalue weighted by molar-refractivity contribution is 9.14. The fourth-order valence-electron chi connectivity index (χ4n) is 1.55. The molecule has 18 heavy (non-hydrogen) atoms. The van der Waals surface area contributed by atoms with Crippen molar-refractivity contribution in [3.63, 3.8) is 0 Å². The smallest absolute Gasteiger partial charge is 0.245 e. The number of methoxy groups -OCH3 is 1. The first kappa shape index (κ1) is 13.5. The lowest BCUT2D eigenvalue weighted by molar-refractivity contribution is 0.401. The predicted molar refractivity (Wildman–Crippen MR) is 77.0 cm³/mol. The first-order chi connectivity index (χ1) is 8.67. The first-order valence-electron chi connectivity index (χ1n) is 5.40. The quantitative estimate of drug-likeness (QED) is 0.823. The van der Waals surface area contributed by atoms with Crippen molar-refractivity contribution in [2.45, 2.75) is 19.9 Å². The molecule has 7 heteroatoms. The molecule has 0 aliphatic carbocycles. The Hall–Kier alpha value is -0.950. The Balaban J connectivity index is 2.42. The maximum atomic E-state index is 5.15. The standard InChI is InChI=1S/C11H12Br2N4O/c1-3-7(12)8(13)4-17-6-16-9-10(17)14-5-15-11(9)18-2/h5-6H,3-4H2,1-2H3/b8-7+. The van der Waals surface area contributed by atoms with Gasteiger partial charge >= 0.3 is 0 Å². The van der Waals surface area contributed by atoms with E-state index in [1.54, 1.807) is 13.4 Å². The number of ether oxygens (including phenoxy) is 1. The molecule has 2 rings (SSSR count). The van der Waals surface area contributed by atoms with Crippen LogP contribution < -0.4 is 4.74 Å². The third-order valence-electron chi connectivity index (χ3n) is 2.47. The monoisotopic (exact) mass is 374 g/mol. The van der Waals surface area contributed by atoms with Crippen LogP contribution in [0.25, 0.3) is 11.2 Å². The van der Waals surface area contributed by atoms with Crippen molar-refractivity contribution in [1.29, 1.82) is 0 Å². The fourth-order valence-corrected chi connectivity index (χ4v) is 2.23. The Morgan fingerprint density at radius 1 is 1.28 bits per heavy atom. The van der Waals surface area contributed by atoms with Crippen molar-refractivity contribution in [3.05, 3.63) is 21.6 Å². The van der Waals surface area contributed by atoms with Crippen molar-refractivity contribution in [2.24, 2.45) is 0 Å². The molecule has 0 aliphatic heterocycles. The van der Waals surface area contributed by atoms with Crippen LogP contribution >= 0.6 is 31.9 Å². The number of hydrogen-bond donors (Lipinski definition) is 0. The van der Waals surface area contributed by atoms with Crippen molar-refractivity contribution < 1.29 is 4.74 Å². The summed E-state index contributed by atoms with van der Waals surface area (Å²) in [4.78, 5) is 12.5. The summed E-state index contributed by atoms with van der Waals surface area (Å²) in [5.41, 5.74) is 1.43. The van der Waals surface area contributed by atoms with Gasteiger partial charge in [0.25, 0.3) is 0 Å². The highest BCUT2D eigenvalue weighted by atomic mass is 79.9. The molecule has 0 amide bonds. The summed E-state index contributed by atoms with van der Waals surface area (Å²) < 4.78 is 9.30. The lowest BCUT2D eigenvalue weighted by Crippen LogP contribution is -1.99. The Kier molecular flexibility index (Phi) is 4.34. The molecular weight excluding hydrogens is 364 g/mol. The van der Waals surface area contributed by atoms with Gasteiger partial charge in [0.05, 0.1) is 20.0 Å². The number of rotatable bonds is 4. The van der Waals surface area contributed by atoms with Gasteiger partial charge in [-0.2, -0.15) is 4.98 Å². The molecule has 0 aliphatic rings. The van der Waals surface area contributed by atoms with Crippen LogP contribution in [0.5, 0.6) is 5.88 Å². The van der Waals surface area contributed by atoms with Gasteiger partial charge in [-0.1, -0.05) is 38.8 Å². The first-order valence-corrected chi connectivity index (χ1v) is 6.98. The van der Waals surface area contributed by atoms with E-state index in [1.807, 2.05) is 4.57 Å². The summed E-state index contributed by atoms with van der Waals surface area (Å²) in [5, 5.41) is 0. The van der Waals surface area contributed by atoms with E-state index in [2.05, 4.69) is 53.7 Å². The van der Waals surface area contributed by atoms with Crippen LogP contribution in [0.3, 0.4) is 0 Å². The summed E-state index contributed by atoms with van der Waals surface area (Å²) >= 11 is 7.08. The van der Waals surface area contributed by atoms with Gasteiger partial charge in [0.1, 0.15) is 6.33 Å². The Labute approximate surface area is 122 Å². The summed E-state index contributed by atoms with van der Waals surface area (Å²) in [5.74, 6) is 0.494. The highest BCUT2D eigenvalue weighted by Gasteiger charge is 2.11. The maximum absolute atomic E-state index is 5.15. The molecule has 0 N–H and O–H groups in total. The van der Waals surface area contributed by atoms with E-state index in [0.717, 1.165) is 21.0 Å². The molecule has 96 valence electrons. The second-order valence-electron chi connectivity index (χ2n) is 3.59. The van der Waals surface area contributed by atoms with Gasteiger partial charge in [-0.05, 0) is 6.42 Å². The fraction of sp³-hybridized carbons (Fsp3) is 0.364. The molecule has 0 saturated heterocycles. The Morgan fingerprint density at radius 2 is 2.06 bits per heavy atom. The highest BCUT2D eigenvalue weighted by Crippen LogP contribution is 2.25. The van der Waals surface area contributed by atoms with E-state index in [4.69, 9.17) is 4.74 Å². The number of fused-ring (bicyclic) bond motifs is 1. The molecule has 2 aromatic rings. The Morgan fingerprint density at radius 3 is 2.72 bits per heavy atom. The van der Waals surface area contributed by atoms with Gasteiger partial charge < -0.3 is 9.30 Å².